The highest BCUT2D eigenvalue weighted by Gasteiger charge is 2.39. The first-order valence-corrected chi connectivity index (χ1v) is 8.30. The van der Waals surface area contributed by atoms with E-state index in [-0.39, 0.29) is 0 Å². The Bertz CT molecular complexity index is 470. The van der Waals surface area contributed by atoms with E-state index in [9.17, 15) is 0 Å². The molecule has 2 nitrogen and oxygen atoms in total. The minimum absolute atomic E-state index is 0.493. The zero-order valence-electron chi connectivity index (χ0n) is 12.3. The molecule has 110 valence electrons. The highest BCUT2D eigenvalue weighted by molar-refractivity contribution is 6.30. The first-order valence-electron chi connectivity index (χ1n) is 7.92. The fourth-order valence-electron chi connectivity index (χ4n) is 3.73. The summed E-state index contributed by atoms with van der Waals surface area (Å²) in [4.78, 5) is 2.74. The molecule has 1 aromatic rings. The Kier molecular flexibility index (Phi) is 4.34. The third-order valence-electron chi connectivity index (χ3n) is 4.91. The summed E-state index contributed by atoms with van der Waals surface area (Å²) in [6.45, 7) is 4.20. The van der Waals surface area contributed by atoms with Crippen molar-refractivity contribution in [2.75, 3.05) is 13.1 Å². The molecular weight excluding hydrogens is 268 g/mol. The molecule has 2 atom stereocenters. The van der Waals surface area contributed by atoms with E-state index in [1.165, 1.54) is 49.8 Å². The van der Waals surface area contributed by atoms with Crippen LogP contribution >= 0.6 is 11.6 Å². The molecule has 1 saturated heterocycles. The fourth-order valence-corrected chi connectivity index (χ4v) is 3.96. The Hall–Kier alpha value is -0.570. The van der Waals surface area contributed by atoms with Crippen LogP contribution in [-0.2, 0) is 0 Å². The molecule has 0 aromatic heterocycles. The molecule has 2 aliphatic rings. The number of nitrogens with two attached hydrogens (primary N) is 1. The maximum Gasteiger partial charge on any atom is 0.0408 e. The predicted molar refractivity (Wildman–Crippen MR) is 85.1 cm³/mol. The van der Waals surface area contributed by atoms with Gasteiger partial charge in [-0.15, -0.1) is 0 Å². The lowest BCUT2D eigenvalue weighted by Crippen LogP contribution is -2.37. The number of likely N-dealkylation sites (tertiary alicyclic amines) is 1. The van der Waals surface area contributed by atoms with E-state index in [0.717, 1.165) is 17.6 Å². The lowest BCUT2D eigenvalue weighted by molar-refractivity contribution is 0.148. The molecule has 0 spiro atoms. The first kappa shape index (κ1) is 14.4. The van der Waals surface area contributed by atoms with Gasteiger partial charge in [0.15, 0.2) is 0 Å². The summed E-state index contributed by atoms with van der Waals surface area (Å²) < 4.78 is 0. The molecule has 20 heavy (non-hydrogen) atoms. The van der Waals surface area contributed by atoms with Gasteiger partial charge in [-0.05, 0) is 74.9 Å². The Balaban J connectivity index is 1.98. The third kappa shape index (κ3) is 2.88. The SMILES string of the molecule is Cc1cc(Cl)ccc1C1C(CN)CCCCN1C1CC1. The van der Waals surface area contributed by atoms with E-state index in [4.69, 9.17) is 17.3 Å². The van der Waals surface area contributed by atoms with Gasteiger partial charge >= 0.3 is 0 Å². The average Bonchev–Trinajstić information content (AvgIpc) is 3.24. The molecule has 3 heteroatoms. The molecule has 1 saturated carbocycles. The summed E-state index contributed by atoms with van der Waals surface area (Å²) in [6.07, 6.45) is 6.61. The molecule has 0 amide bonds. The summed E-state index contributed by atoms with van der Waals surface area (Å²) in [5.41, 5.74) is 8.87. The fraction of sp³-hybridized carbons (Fsp3) is 0.647. The van der Waals surface area contributed by atoms with Crippen molar-refractivity contribution in [3.8, 4) is 0 Å². The Morgan fingerprint density at radius 3 is 2.70 bits per heavy atom. The summed E-state index contributed by atoms with van der Waals surface area (Å²) in [6, 6.07) is 7.65. The third-order valence-corrected chi connectivity index (χ3v) is 5.15. The van der Waals surface area contributed by atoms with Crippen molar-refractivity contribution in [1.29, 1.82) is 0 Å². The quantitative estimate of drug-likeness (QED) is 0.915. The van der Waals surface area contributed by atoms with Crippen molar-refractivity contribution < 1.29 is 0 Å². The second kappa shape index (κ2) is 6.05. The van der Waals surface area contributed by atoms with E-state index in [1.54, 1.807) is 0 Å². The van der Waals surface area contributed by atoms with Crippen LogP contribution in [0.2, 0.25) is 5.02 Å². The molecule has 0 bridgehead atoms. The average molecular weight is 293 g/mol. The maximum absolute atomic E-state index is 6.13. The van der Waals surface area contributed by atoms with Gasteiger partial charge in [-0.25, -0.2) is 0 Å². The van der Waals surface area contributed by atoms with E-state index < -0.39 is 0 Å². The van der Waals surface area contributed by atoms with Crippen LogP contribution in [-0.4, -0.2) is 24.0 Å². The van der Waals surface area contributed by atoms with Crippen LogP contribution in [0.1, 0.15) is 49.3 Å². The van der Waals surface area contributed by atoms with E-state index in [0.29, 0.717) is 12.0 Å². The molecule has 1 aromatic carbocycles. The normalized spacial score (nSPS) is 28.4. The van der Waals surface area contributed by atoms with Crippen molar-refractivity contribution in [2.24, 2.45) is 11.7 Å². The van der Waals surface area contributed by atoms with Crippen LogP contribution in [0.4, 0.5) is 0 Å². The van der Waals surface area contributed by atoms with Crippen molar-refractivity contribution in [3.63, 3.8) is 0 Å². The predicted octanol–water partition coefficient (Wildman–Crippen LogP) is 3.91. The number of rotatable bonds is 3. The Morgan fingerprint density at radius 1 is 1.25 bits per heavy atom. The smallest absolute Gasteiger partial charge is 0.0408 e. The number of benzene rings is 1. The molecule has 0 radical (unpaired) electrons. The zero-order valence-corrected chi connectivity index (χ0v) is 13.1. The van der Waals surface area contributed by atoms with Gasteiger partial charge < -0.3 is 5.73 Å². The highest BCUT2D eigenvalue weighted by atomic mass is 35.5. The van der Waals surface area contributed by atoms with Crippen molar-refractivity contribution in [1.82, 2.24) is 4.90 Å². The number of nitrogens with zero attached hydrogens (tertiary/aromatic N) is 1. The van der Waals surface area contributed by atoms with Gasteiger partial charge in [0, 0.05) is 17.1 Å². The van der Waals surface area contributed by atoms with Gasteiger partial charge in [-0.1, -0.05) is 24.1 Å². The van der Waals surface area contributed by atoms with E-state index >= 15 is 0 Å². The summed E-state index contributed by atoms with van der Waals surface area (Å²) in [5.74, 6) is 0.581. The van der Waals surface area contributed by atoms with Gasteiger partial charge in [0.05, 0.1) is 0 Å². The molecule has 2 fully saturated rings. The van der Waals surface area contributed by atoms with Gasteiger partial charge in [0.1, 0.15) is 0 Å². The molecule has 1 aliphatic carbocycles. The van der Waals surface area contributed by atoms with Crippen LogP contribution < -0.4 is 5.73 Å². The molecule has 2 unspecified atom stereocenters. The minimum Gasteiger partial charge on any atom is -0.330 e. The Labute approximate surface area is 127 Å². The zero-order chi connectivity index (χ0) is 14.1. The molecule has 2 N–H and O–H groups in total. The van der Waals surface area contributed by atoms with Crippen LogP contribution in [0, 0.1) is 12.8 Å². The number of halogens is 1. The van der Waals surface area contributed by atoms with Crippen LogP contribution in [0.25, 0.3) is 0 Å². The summed E-state index contributed by atoms with van der Waals surface area (Å²) in [5, 5.41) is 0.835. The number of hydrogen-bond acceptors (Lipinski definition) is 2. The minimum atomic E-state index is 0.493. The monoisotopic (exact) mass is 292 g/mol. The molecule has 3 rings (SSSR count). The van der Waals surface area contributed by atoms with Gasteiger partial charge in [0.2, 0.25) is 0 Å². The second-order valence-electron chi connectivity index (χ2n) is 6.41. The highest BCUT2D eigenvalue weighted by Crippen LogP contribution is 2.42. The van der Waals surface area contributed by atoms with Crippen molar-refractivity contribution >= 4 is 11.6 Å². The van der Waals surface area contributed by atoms with Crippen LogP contribution in [0.15, 0.2) is 18.2 Å². The van der Waals surface area contributed by atoms with E-state index in [1.807, 2.05) is 6.07 Å². The molecular formula is C17H25ClN2. The van der Waals surface area contributed by atoms with Crippen molar-refractivity contribution in [2.45, 2.75) is 51.1 Å². The topological polar surface area (TPSA) is 29.3 Å². The van der Waals surface area contributed by atoms with Crippen molar-refractivity contribution in [3.05, 3.63) is 34.3 Å². The van der Waals surface area contributed by atoms with Gasteiger partial charge in [0.25, 0.3) is 0 Å². The van der Waals surface area contributed by atoms with Gasteiger partial charge in [-0.3, -0.25) is 4.90 Å². The Morgan fingerprint density at radius 2 is 2.05 bits per heavy atom. The van der Waals surface area contributed by atoms with Crippen LogP contribution in [0.5, 0.6) is 0 Å². The number of hydrogen-bond donors (Lipinski definition) is 1. The summed E-state index contributed by atoms with van der Waals surface area (Å²) in [7, 11) is 0. The maximum atomic E-state index is 6.13. The molecule has 1 heterocycles. The standard InChI is InChI=1S/C17H25ClN2/c1-12-10-14(18)5-8-16(12)17-13(11-19)4-2-3-9-20(17)15-6-7-15/h5,8,10,13,15,17H,2-4,6-7,9,11,19H2,1H3. The van der Waals surface area contributed by atoms with Crippen LogP contribution in [0.3, 0.4) is 0 Å². The molecule has 1 aliphatic heterocycles. The lowest BCUT2D eigenvalue weighted by atomic mass is 9.87. The lowest BCUT2D eigenvalue weighted by Gasteiger charge is -2.36. The first-order chi connectivity index (χ1) is 9.70. The number of aryl methyl sites for hydroxylation is 1. The summed E-state index contributed by atoms with van der Waals surface area (Å²) >= 11 is 6.13. The second-order valence-corrected chi connectivity index (χ2v) is 6.84. The van der Waals surface area contributed by atoms with Gasteiger partial charge in [-0.2, -0.15) is 0 Å². The van der Waals surface area contributed by atoms with E-state index in [2.05, 4.69) is 24.0 Å². The largest absolute Gasteiger partial charge is 0.330 e.